The van der Waals surface area contributed by atoms with Gasteiger partial charge in [0.05, 0.1) is 24.5 Å². The van der Waals surface area contributed by atoms with Crippen molar-refractivity contribution in [3.8, 4) is 22.6 Å². The normalized spacial score (nSPS) is 20.4. The zero-order chi connectivity index (χ0) is 27.5. The number of piperidine rings is 1. The third kappa shape index (κ3) is 3.72. The third-order valence-corrected chi connectivity index (χ3v) is 7.85. The lowest BCUT2D eigenvalue weighted by atomic mass is 9.85. The number of rotatable bonds is 5. The van der Waals surface area contributed by atoms with E-state index in [0.717, 1.165) is 24.0 Å². The molecule has 0 radical (unpaired) electrons. The smallest absolute Gasteiger partial charge is 0.292 e. The summed E-state index contributed by atoms with van der Waals surface area (Å²) in [4.78, 5) is 41.6. The lowest BCUT2D eigenvalue weighted by molar-refractivity contribution is 0.0556. The molecule has 0 unspecified atom stereocenters. The Balaban J connectivity index is 1.26. The molecule has 5 aromatic heterocycles. The van der Waals surface area contributed by atoms with Gasteiger partial charge in [-0.15, -0.1) is 20.4 Å². The van der Waals surface area contributed by atoms with E-state index in [0.29, 0.717) is 41.3 Å². The van der Waals surface area contributed by atoms with E-state index in [-0.39, 0.29) is 41.3 Å². The molecule has 3 N–H and O–H groups in total. The minimum absolute atomic E-state index is 0.0104. The van der Waals surface area contributed by atoms with Gasteiger partial charge in [-0.1, -0.05) is 6.07 Å². The van der Waals surface area contributed by atoms with Crippen molar-refractivity contribution in [2.45, 2.75) is 50.6 Å². The minimum Gasteiger partial charge on any atom is -0.383 e. The first kappa shape index (κ1) is 24.0. The van der Waals surface area contributed by atoms with Gasteiger partial charge in [0.15, 0.2) is 11.4 Å². The average molecular weight is 540 g/mol. The van der Waals surface area contributed by atoms with Crippen LogP contribution in [-0.4, -0.2) is 83.6 Å². The van der Waals surface area contributed by atoms with Crippen molar-refractivity contribution in [1.29, 1.82) is 0 Å². The van der Waals surface area contributed by atoms with E-state index >= 15 is 0 Å². The Hall–Kier alpha value is -5.08. The van der Waals surface area contributed by atoms with Gasteiger partial charge in [0, 0.05) is 35.3 Å². The van der Waals surface area contributed by atoms with Gasteiger partial charge in [0.2, 0.25) is 11.6 Å². The molecule has 0 spiro atoms. The van der Waals surface area contributed by atoms with Crippen LogP contribution in [0.25, 0.3) is 28.3 Å². The van der Waals surface area contributed by atoms with Crippen molar-refractivity contribution in [3.05, 3.63) is 47.9 Å². The number of nitrogens with one attached hydrogen (secondary N) is 1. The molecule has 40 heavy (non-hydrogen) atoms. The Morgan fingerprint density at radius 1 is 1.10 bits per heavy atom. The second-order valence-corrected chi connectivity index (χ2v) is 10.2. The van der Waals surface area contributed by atoms with E-state index in [4.69, 9.17) is 10.7 Å². The highest BCUT2D eigenvalue weighted by atomic mass is 16.2. The maximum Gasteiger partial charge on any atom is 0.292 e. The van der Waals surface area contributed by atoms with E-state index in [1.165, 1.54) is 22.6 Å². The van der Waals surface area contributed by atoms with Crippen LogP contribution in [0.3, 0.4) is 0 Å². The number of hydrogen-bond donors (Lipinski definition) is 2. The number of nitrogen functional groups attached to an aromatic ring is 1. The Morgan fingerprint density at radius 2 is 1.90 bits per heavy atom. The number of aromatic nitrogens is 11. The van der Waals surface area contributed by atoms with Crippen LogP contribution in [0.15, 0.2) is 30.9 Å². The van der Waals surface area contributed by atoms with Crippen molar-refractivity contribution in [3.63, 3.8) is 0 Å². The Bertz CT molecular complexity index is 1740. The fraction of sp³-hybridized carbons (Fsp3) is 0.360. The summed E-state index contributed by atoms with van der Waals surface area (Å²) in [6.07, 6.45) is 7.88. The summed E-state index contributed by atoms with van der Waals surface area (Å²) in [5.41, 5.74) is 10.2. The molecule has 3 atom stereocenters. The molecule has 1 amide bonds. The number of carbonyl (C=O) groups is 2. The van der Waals surface area contributed by atoms with Gasteiger partial charge in [0.1, 0.15) is 17.8 Å². The van der Waals surface area contributed by atoms with Crippen LogP contribution in [0.5, 0.6) is 0 Å². The number of hydrogen-bond acceptors (Lipinski definition) is 11. The number of pyridine rings is 1. The average Bonchev–Trinajstić information content (AvgIpc) is 3.75. The molecular weight excluding hydrogens is 514 g/mol. The number of nitrogens with zero attached hydrogens (tertiary/aromatic N) is 11. The third-order valence-electron chi connectivity index (χ3n) is 7.85. The topological polar surface area (TPSA) is 192 Å². The van der Waals surface area contributed by atoms with Gasteiger partial charge in [-0.3, -0.25) is 14.6 Å². The summed E-state index contributed by atoms with van der Waals surface area (Å²) in [6.45, 7) is 1.49. The quantitative estimate of drug-likeness (QED) is 0.307. The van der Waals surface area contributed by atoms with Crippen molar-refractivity contribution in [2.24, 2.45) is 7.05 Å². The van der Waals surface area contributed by atoms with E-state index < -0.39 is 0 Å². The van der Waals surface area contributed by atoms with Crippen LogP contribution in [0, 0.1) is 0 Å². The van der Waals surface area contributed by atoms with Gasteiger partial charge in [0.25, 0.3) is 5.91 Å². The maximum absolute atomic E-state index is 13.1. The number of fused-ring (bicyclic) bond motifs is 3. The maximum atomic E-state index is 13.1. The zero-order valence-electron chi connectivity index (χ0n) is 21.8. The fourth-order valence-electron chi connectivity index (χ4n) is 6.13. The Morgan fingerprint density at radius 3 is 2.52 bits per heavy atom. The molecule has 0 saturated carbocycles. The molecule has 202 valence electrons. The van der Waals surface area contributed by atoms with Crippen molar-refractivity contribution < 1.29 is 9.59 Å². The summed E-state index contributed by atoms with van der Waals surface area (Å²) in [5, 5.41) is 24.2. The highest BCUT2D eigenvalue weighted by molar-refractivity contribution is 6.00. The monoisotopic (exact) mass is 539 g/mol. The van der Waals surface area contributed by atoms with Crippen LogP contribution in [0.1, 0.15) is 65.2 Å². The predicted octanol–water partition coefficient (Wildman–Crippen LogP) is 1.44. The largest absolute Gasteiger partial charge is 0.383 e. The van der Waals surface area contributed by atoms with Crippen molar-refractivity contribution in [1.82, 2.24) is 59.9 Å². The number of ketones is 1. The molecule has 0 aromatic carbocycles. The summed E-state index contributed by atoms with van der Waals surface area (Å²) >= 11 is 0. The van der Waals surface area contributed by atoms with Gasteiger partial charge >= 0.3 is 0 Å². The lowest BCUT2D eigenvalue weighted by Crippen LogP contribution is -2.46. The number of aryl methyl sites for hydroxylation is 1. The highest BCUT2D eigenvalue weighted by Gasteiger charge is 2.45. The van der Waals surface area contributed by atoms with E-state index in [2.05, 4.69) is 40.7 Å². The molecule has 0 aliphatic carbocycles. The first-order valence-corrected chi connectivity index (χ1v) is 13.0. The van der Waals surface area contributed by atoms with Crippen LogP contribution >= 0.6 is 0 Å². The molecular formula is C25H25N13O2. The number of aromatic amines is 1. The van der Waals surface area contributed by atoms with Crippen molar-refractivity contribution in [2.75, 3.05) is 5.73 Å². The number of H-pyrrole nitrogens is 1. The number of amides is 1. The second-order valence-electron chi connectivity index (χ2n) is 10.2. The number of anilines is 1. The molecule has 2 bridgehead atoms. The van der Waals surface area contributed by atoms with Gasteiger partial charge in [-0.05, 0) is 43.9 Å². The molecule has 2 aliphatic heterocycles. The van der Waals surface area contributed by atoms with Gasteiger partial charge in [-0.2, -0.15) is 14.4 Å². The minimum atomic E-state index is -0.172. The van der Waals surface area contributed by atoms with E-state index in [1.807, 2.05) is 17.0 Å². The SMILES string of the molecule is CC(=O)c1c([C@H]2C[C@H]3CC[C@@H](C2)N3C(=O)c2nnc[nH]2)nc2c(-c3ccc(-c4nnn(C)n4)nc3)cnn2c1N. The summed E-state index contributed by atoms with van der Waals surface area (Å²) in [5.74, 6) is 0.542. The summed E-state index contributed by atoms with van der Waals surface area (Å²) in [7, 11) is 1.69. The van der Waals surface area contributed by atoms with Gasteiger partial charge in [-0.25, -0.2) is 4.98 Å². The zero-order valence-corrected chi connectivity index (χ0v) is 21.8. The van der Waals surface area contributed by atoms with E-state index in [9.17, 15) is 9.59 Å². The van der Waals surface area contributed by atoms with Crippen LogP contribution in [0.4, 0.5) is 5.82 Å². The van der Waals surface area contributed by atoms with Crippen LogP contribution in [0.2, 0.25) is 0 Å². The molecule has 2 fully saturated rings. The van der Waals surface area contributed by atoms with Crippen LogP contribution < -0.4 is 5.73 Å². The summed E-state index contributed by atoms with van der Waals surface area (Å²) in [6, 6.07) is 3.72. The Kier molecular flexibility index (Phi) is 5.40. The Labute approximate surface area is 226 Å². The molecule has 2 saturated heterocycles. The van der Waals surface area contributed by atoms with Crippen molar-refractivity contribution >= 4 is 23.2 Å². The fourth-order valence-corrected chi connectivity index (χ4v) is 6.13. The number of tetrazole rings is 1. The first-order valence-electron chi connectivity index (χ1n) is 13.0. The first-order chi connectivity index (χ1) is 19.4. The number of carbonyl (C=O) groups excluding carboxylic acids is 2. The molecule has 15 heteroatoms. The molecule has 2 aliphatic rings. The second kappa shape index (κ2) is 9.00. The molecule has 5 aromatic rings. The number of nitrogens with two attached hydrogens (primary N) is 1. The standard InChI is InChI=1S/C25H25N13O2/c1-12(39)19-20(14-7-15-4-5-16(8-14)37(15)25(40)23-28-11-29-32-23)31-24-17(10-30-38(24)21(19)26)13-3-6-18(27-9-13)22-33-35-36(2)34-22/h3,6,9-11,14-16H,4-5,7-8,26H2,1-2H3,(H,28,29,32)/t14-,15+,16-. The molecule has 7 rings (SSSR count). The predicted molar refractivity (Wildman–Crippen MR) is 140 cm³/mol. The summed E-state index contributed by atoms with van der Waals surface area (Å²) < 4.78 is 1.50. The number of Topliss-reactive ketones (excluding diaryl/α,β-unsaturated/α-hetero) is 1. The lowest BCUT2D eigenvalue weighted by Gasteiger charge is -2.38. The van der Waals surface area contributed by atoms with Gasteiger partial charge < -0.3 is 15.6 Å². The highest BCUT2D eigenvalue weighted by Crippen LogP contribution is 2.45. The molecule has 15 nitrogen and oxygen atoms in total. The van der Waals surface area contributed by atoms with Crippen LogP contribution in [-0.2, 0) is 7.05 Å². The van der Waals surface area contributed by atoms with E-state index in [1.54, 1.807) is 19.4 Å². The molecule has 7 heterocycles.